The highest BCUT2D eigenvalue weighted by molar-refractivity contribution is 5.88. The number of ketones is 1. The molecule has 1 aliphatic rings. The molecule has 0 bridgehead atoms. The van der Waals surface area contributed by atoms with Crippen LogP contribution in [0.3, 0.4) is 0 Å². The lowest BCUT2D eigenvalue weighted by molar-refractivity contribution is -0.123. The van der Waals surface area contributed by atoms with Crippen LogP contribution >= 0.6 is 0 Å². The van der Waals surface area contributed by atoms with Crippen molar-refractivity contribution in [3.05, 3.63) is 0 Å². The fourth-order valence-electron chi connectivity index (χ4n) is 1.17. The van der Waals surface area contributed by atoms with Crippen molar-refractivity contribution in [3.63, 3.8) is 0 Å². The van der Waals surface area contributed by atoms with Crippen LogP contribution in [0.5, 0.6) is 0 Å². The molecule has 0 aromatic heterocycles. The van der Waals surface area contributed by atoms with Gasteiger partial charge in [-0.15, -0.1) is 0 Å². The average Bonchev–Trinajstić information content (AvgIpc) is 2.30. The van der Waals surface area contributed by atoms with E-state index in [1.165, 1.54) is 6.92 Å². The maximum atomic E-state index is 10.9. The van der Waals surface area contributed by atoms with Crippen molar-refractivity contribution in [3.8, 4) is 0 Å². The predicted molar refractivity (Wildman–Crippen MR) is 42.7 cm³/mol. The van der Waals surface area contributed by atoms with E-state index in [0.29, 0.717) is 5.90 Å². The summed E-state index contributed by atoms with van der Waals surface area (Å²) >= 11 is 0. The molecule has 2 unspecified atom stereocenters. The number of carbonyl (C=O) groups excluding carboxylic acids is 1. The summed E-state index contributed by atoms with van der Waals surface area (Å²) in [6.07, 6.45) is 0.443. The predicted octanol–water partition coefficient (Wildman–Crippen LogP) is 1.17. The first kappa shape index (κ1) is 8.24. The molecule has 62 valence electrons. The van der Waals surface area contributed by atoms with Gasteiger partial charge in [0, 0.05) is 6.42 Å². The third-order valence-corrected chi connectivity index (χ3v) is 1.75. The van der Waals surface area contributed by atoms with E-state index in [1.54, 1.807) is 0 Å². The highest BCUT2D eigenvalue weighted by atomic mass is 16.5. The van der Waals surface area contributed by atoms with Gasteiger partial charge in [-0.1, -0.05) is 6.92 Å². The molecule has 1 heterocycles. The number of nitrogens with zero attached hydrogens (tertiary/aromatic N) is 1. The maximum absolute atomic E-state index is 10.9. The van der Waals surface area contributed by atoms with Crippen LogP contribution in [0.25, 0.3) is 0 Å². The van der Waals surface area contributed by atoms with Crippen LogP contribution in [0, 0.1) is 0 Å². The Morgan fingerprint density at radius 2 is 2.36 bits per heavy atom. The van der Waals surface area contributed by atoms with Gasteiger partial charge in [0.15, 0.2) is 17.8 Å². The molecule has 11 heavy (non-hydrogen) atoms. The third kappa shape index (κ3) is 1.59. The molecule has 0 saturated carbocycles. The van der Waals surface area contributed by atoms with E-state index in [4.69, 9.17) is 4.74 Å². The number of rotatable bonds is 2. The second-order valence-corrected chi connectivity index (χ2v) is 2.77. The molecule has 0 saturated heterocycles. The fraction of sp³-hybridized carbons (Fsp3) is 0.750. The van der Waals surface area contributed by atoms with E-state index in [-0.39, 0.29) is 17.9 Å². The van der Waals surface area contributed by atoms with Crippen LogP contribution in [-0.4, -0.2) is 23.8 Å². The smallest absolute Gasteiger partial charge is 0.184 e. The zero-order chi connectivity index (χ0) is 8.43. The summed E-state index contributed by atoms with van der Waals surface area (Å²) in [4.78, 5) is 15.1. The lowest BCUT2D eigenvalue weighted by atomic mass is 10.1. The highest BCUT2D eigenvalue weighted by Crippen LogP contribution is 2.15. The summed E-state index contributed by atoms with van der Waals surface area (Å²) in [6.45, 7) is 5.40. The van der Waals surface area contributed by atoms with E-state index in [0.717, 1.165) is 6.42 Å². The summed E-state index contributed by atoms with van der Waals surface area (Å²) < 4.78 is 5.28. The first-order valence-electron chi connectivity index (χ1n) is 3.89. The molecule has 0 amide bonds. The van der Waals surface area contributed by atoms with Crippen LogP contribution in [-0.2, 0) is 9.53 Å². The van der Waals surface area contributed by atoms with Gasteiger partial charge in [-0.25, -0.2) is 4.99 Å². The Bertz CT molecular complexity index is 198. The van der Waals surface area contributed by atoms with E-state index >= 15 is 0 Å². The summed E-state index contributed by atoms with van der Waals surface area (Å²) in [7, 11) is 0. The van der Waals surface area contributed by atoms with Gasteiger partial charge < -0.3 is 4.74 Å². The molecule has 0 aromatic carbocycles. The van der Waals surface area contributed by atoms with Crippen molar-refractivity contribution in [2.24, 2.45) is 4.99 Å². The quantitative estimate of drug-likeness (QED) is 0.600. The summed E-state index contributed by atoms with van der Waals surface area (Å²) in [5, 5.41) is 0. The minimum atomic E-state index is -0.329. The molecular formula is C8H13NO2. The summed E-state index contributed by atoms with van der Waals surface area (Å²) in [5.74, 6) is 0.766. The molecule has 2 atom stereocenters. The van der Waals surface area contributed by atoms with Crippen LogP contribution in [0.2, 0.25) is 0 Å². The van der Waals surface area contributed by atoms with E-state index < -0.39 is 0 Å². The Morgan fingerprint density at radius 1 is 1.73 bits per heavy atom. The third-order valence-electron chi connectivity index (χ3n) is 1.75. The average molecular weight is 155 g/mol. The zero-order valence-electron chi connectivity index (χ0n) is 7.13. The van der Waals surface area contributed by atoms with Crippen molar-refractivity contribution < 1.29 is 9.53 Å². The monoisotopic (exact) mass is 155 g/mol. The van der Waals surface area contributed by atoms with Crippen molar-refractivity contribution >= 4 is 11.7 Å². The molecule has 0 spiro atoms. The largest absolute Gasteiger partial charge is 0.468 e. The Hall–Kier alpha value is -0.860. The van der Waals surface area contributed by atoms with Gasteiger partial charge in [0.2, 0.25) is 0 Å². The van der Waals surface area contributed by atoms with Gasteiger partial charge in [-0.2, -0.15) is 0 Å². The number of carbonyl (C=O) groups is 1. The Kier molecular flexibility index (Phi) is 2.27. The van der Waals surface area contributed by atoms with E-state index in [1.807, 2.05) is 13.8 Å². The van der Waals surface area contributed by atoms with Gasteiger partial charge in [0.05, 0.1) is 6.04 Å². The minimum Gasteiger partial charge on any atom is -0.468 e. The SMILES string of the molecule is CCC1=NC(C)C(C(C)=O)O1. The molecule has 0 aromatic rings. The maximum Gasteiger partial charge on any atom is 0.184 e. The lowest BCUT2D eigenvalue weighted by Crippen LogP contribution is -2.27. The van der Waals surface area contributed by atoms with Gasteiger partial charge >= 0.3 is 0 Å². The molecule has 3 nitrogen and oxygen atoms in total. The number of hydrogen-bond acceptors (Lipinski definition) is 3. The molecular weight excluding hydrogens is 142 g/mol. The second kappa shape index (κ2) is 3.03. The fourth-order valence-corrected chi connectivity index (χ4v) is 1.17. The van der Waals surface area contributed by atoms with Gasteiger partial charge in [-0.3, -0.25) is 4.79 Å². The van der Waals surface area contributed by atoms with E-state index in [2.05, 4.69) is 4.99 Å². The molecule has 0 fully saturated rings. The topological polar surface area (TPSA) is 38.7 Å². The summed E-state index contributed by atoms with van der Waals surface area (Å²) in [5.41, 5.74) is 0. The van der Waals surface area contributed by atoms with Crippen LogP contribution in [0.4, 0.5) is 0 Å². The molecule has 0 aliphatic carbocycles. The number of Topliss-reactive ketones (excluding diaryl/α,β-unsaturated/α-hetero) is 1. The zero-order valence-corrected chi connectivity index (χ0v) is 7.13. The van der Waals surface area contributed by atoms with Crippen LogP contribution in [0.15, 0.2) is 4.99 Å². The van der Waals surface area contributed by atoms with Gasteiger partial charge in [-0.05, 0) is 13.8 Å². The first-order valence-corrected chi connectivity index (χ1v) is 3.89. The van der Waals surface area contributed by atoms with E-state index in [9.17, 15) is 4.79 Å². The second-order valence-electron chi connectivity index (χ2n) is 2.77. The highest BCUT2D eigenvalue weighted by Gasteiger charge is 2.29. The number of hydrogen-bond donors (Lipinski definition) is 0. The van der Waals surface area contributed by atoms with Crippen LogP contribution in [0.1, 0.15) is 27.2 Å². The molecule has 1 rings (SSSR count). The molecule has 1 aliphatic heterocycles. The van der Waals surface area contributed by atoms with Crippen molar-refractivity contribution in [1.29, 1.82) is 0 Å². The van der Waals surface area contributed by atoms with Crippen molar-refractivity contribution in [2.45, 2.75) is 39.3 Å². The summed E-state index contributed by atoms with van der Waals surface area (Å²) in [6, 6.07) is 0.00227. The first-order chi connectivity index (χ1) is 5.15. The van der Waals surface area contributed by atoms with Crippen LogP contribution < -0.4 is 0 Å². The molecule has 0 N–H and O–H groups in total. The van der Waals surface area contributed by atoms with Gasteiger partial charge in [0.25, 0.3) is 0 Å². The Labute approximate surface area is 66.5 Å². The number of ether oxygens (including phenoxy) is 1. The molecule has 0 radical (unpaired) electrons. The van der Waals surface area contributed by atoms with Crippen molar-refractivity contribution in [2.75, 3.05) is 0 Å². The minimum absolute atomic E-state index is 0.00227. The standard InChI is InChI=1S/C8H13NO2/c1-4-7-9-5(2)8(11-7)6(3)10/h5,8H,4H2,1-3H3. The molecule has 3 heteroatoms. The normalized spacial score (nSPS) is 29.5. The van der Waals surface area contributed by atoms with Crippen molar-refractivity contribution in [1.82, 2.24) is 0 Å². The van der Waals surface area contributed by atoms with Gasteiger partial charge in [0.1, 0.15) is 0 Å². The Morgan fingerprint density at radius 3 is 2.64 bits per heavy atom. The number of aliphatic imine (C=N–C) groups is 1. The Balaban J connectivity index is 2.61. The lowest BCUT2D eigenvalue weighted by Gasteiger charge is -2.09.